The van der Waals surface area contributed by atoms with E-state index in [-0.39, 0.29) is 27.4 Å². The number of ether oxygens (including phenoxy) is 2. The zero-order valence-electron chi connectivity index (χ0n) is 45.0. The lowest BCUT2D eigenvalue weighted by Gasteiger charge is -2.23. The number of carboxylic acids is 2. The number of amides is 2. The highest BCUT2D eigenvalue weighted by Gasteiger charge is 2.24. The summed E-state index contributed by atoms with van der Waals surface area (Å²) in [4.78, 5) is 91.1. The third-order valence-corrected chi connectivity index (χ3v) is 11.1. The van der Waals surface area contributed by atoms with Crippen molar-refractivity contribution in [2.45, 2.75) is 91.6 Å². The summed E-state index contributed by atoms with van der Waals surface area (Å²) in [5.74, 6) is -1.37. The number of aromatic nitrogens is 7. The lowest BCUT2D eigenvalue weighted by molar-refractivity contribution is -0.139. The Labute approximate surface area is 474 Å². The normalized spacial score (nSPS) is 11.9. The molecule has 0 spiro atoms. The number of nitrogens with zero attached hydrogens (tertiary/aromatic N) is 7. The molecule has 0 radical (unpaired) electrons. The van der Waals surface area contributed by atoms with Gasteiger partial charge >= 0.3 is 24.1 Å². The summed E-state index contributed by atoms with van der Waals surface area (Å²) in [5, 5.41) is 23.5. The van der Waals surface area contributed by atoms with Crippen molar-refractivity contribution in [1.82, 2.24) is 44.7 Å². The van der Waals surface area contributed by atoms with Gasteiger partial charge in [-0.05, 0) is 135 Å². The number of aromatic carboxylic acids is 1. The lowest BCUT2D eigenvalue weighted by atomic mass is 10.2. The molecule has 80 heavy (non-hydrogen) atoms. The summed E-state index contributed by atoms with van der Waals surface area (Å²) in [6.45, 7) is 15.3. The number of rotatable bonds is 8. The van der Waals surface area contributed by atoms with Gasteiger partial charge in [-0.2, -0.15) is 0 Å². The van der Waals surface area contributed by atoms with Crippen LogP contribution in [-0.2, 0) is 14.3 Å². The number of nitrogens with two attached hydrogens (primary N) is 3. The number of fused-ring (bicyclic) bond motifs is 2. The van der Waals surface area contributed by atoms with E-state index in [4.69, 9.17) is 71.7 Å². The quantitative estimate of drug-likeness (QED) is 0.0696. The Morgan fingerprint density at radius 3 is 1.38 bits per heavy atom. The molecular weight excluding hydrogens is 1100 g/mol. The van der Waals surface area contributed by atoms with E-state index < -0.39 is 53.5 Å². The predicted molar refractivity (Wildman–Crippen MR) is 309 cm³/mol. The van der Waals surface area contributed by atoms with Gasteiger partial charge in [0, 0.05) is 30.5 Å². The van der Waals surface area contributed by atoms with E-state index >= 15 is 0 Å². The lowest BCUT2D eigenvalue weighted by Crippen LogP contribution is -2.41. The van der Waals surface area contributed by atoms with Crippen LogP contribution in [0.15, 0.2) is 138 Å². The van der Waals surface area contributed by atoms with E-state index in [0.717, 1.165) is 0 Å². The van der Waals surface area contributed by atoms with E-state index in [2.05, 4.69) is 35.6 Å². The average Bonchev–Trinajstić information content (AvgIpc) is 3.58. The van der Waals surface area contributed by atoms with Crippen LogP contribution in [0.5, 0.6) is 0 Å². The van der Waals surface area contributed by atoms with Crippen molar-refractivity contribution in [2.75, 3.05) is 11.5 Å². The Kier molecular flexibility index (Phi) is 23.0. The maximum atomic E-state index is 13.3. The minimum Gasteiger partial charge on any atom is -0.480 e. The monoisotopic (exact) mass is 1150 g/mol. The number of pyridine rings is 3. The number of nitrogen functional groups attached to an aromatic ring is 2. The Balaban J connectivity index is 0.000000233. The highest BCUT2D eigenvalue weighted by atomic mass is 35.5. The van der Waals surface area contributed by atoms with Gasteiger partial charge in [-0.1, -0.05) is 53.0 Å². The largest absolute Gasteiger partial charge is 0.480 e. The number of aliphatic carboxylic acids is 1. The second kappa shape index (κ2) is 28.8. The van der Waals surface area contributed by atoms with Crippen LogP contribution in [0, 0.1) is 0 Å². The Morgan fingerprint density at radius 1 is 0.588 bits per heavy atom. The Hall–Kier alpha value is -8.70. The number of carbonyl (C=O) groups is 4. The number of anilines is 2. The van der Waals surface area contributed by atoms with Gasteiger partial charge in [-0.3, -0.25) is 38.5 Å². The minimum absolute atomic E-state index is 0.0332. The number of halogens is 3. The molecule has 0 fully saturated rings. The zero-order valence-corrected chi connectivity index (χ0v) is 47.3. The summed E-state index contributed by atoms with van der Waals surface area (Å²) >= 11 is 18.0. The maximum Gasteiger partial charge on any atom is 0.408 e. The van der Waals surface area contributed by atoms with Crippen LogP contribution in [0.4, 0.5) is 21.0 Å². The van der Waals surface area contributed by atoms with Crippen LogP contribution in [0.2, 0.25) is 15.1 Å². The molecule has 0 aliphatic rings. The fourth-order valence-electron chi connectivity index (χ4n) is 6.72. The molecule has 0 bridgehead atoms. The summed E-state index contributed by atoms with van der Waals surface area (Å²) < 4.78 is 13.0. The van der Waals surface area contributed by atoms with Crippen LogP contribution in [0.25, 0.3) is 33.2 Å². The van der Waals surface area contributed by atoms with Gasteiger partial charge in [-0.25, -0.2) is 24.4 Å². The molecule has 0 aliphatic carbocycles. The second-order valence-corrected chi connectivity index (χ2v) is 20.3. The van der Waals surface area contributed by atoms with Crippen molar-refractivity contribution in [1.29, 1.82) is 0 Å². The van der Waals surface area contributed by atoms with E-state index in [0.29, 0.717) is 60.6 Å². The number of alkyl carbamates (subject to hydrolysis) is 2. The number of nitrogens with one attached hydrogen (secondary N) is 2. The molecule has 5 heterocycles. The summed E-state index contributed by atoms with van der Waals surface area (Å²) in [6, 6.07) is 23.5. The van der Waals surface area contributed by atoms with Crippen LogP contribution in [0.3, 0.4) is 0 Å². The third-order valence-electron chi connectivity index (χ3n) is 10.1. The van der Waals surface area contributed by atoms with Gasteiger partial charge in [-0.15, -0.1) is 0 Å². The van der Waals surface area contributed by atoms with Crippen molar-refractivity contribution >= 4 is 92.1 Å². The standard InChI is InChI=1S/C20H21ClN4O3.C15H13ClN4O.C8H15NO4.C7H6ClNO2.C5H6N2/c1-12(23-19(27)28-20(2,3)4)17-24-15-9-5-8-14(21)16(15)18(26)25(17)13-7-6-10-22-11-13;1-9(17)14-19-12-6-2-5-11(16)13(12)15(21)20(14)10-4-3-7-18-8-10;1-5(6(10)11)9-7(12)13-8(2,3)4;8-4-2-1-3-5(9)6(4)7(10)11;6-5-2-1-3-7-4-5/h5-12H,1-4H3,(H,23,27);2-9H,17H2,1H3;5H,1-4H3,(H,9,12)(H,10,11);1-3H,9H2,(H,10,11);1-4H,6H2/t12-;9-;;;/m00.../s1. The van der Waals surface area contributed by atoms with Gasteiger partial charge in [0.1, 0.15) is 34.5 Å². The molecule has 3 atom stereocenters. The maximum absolute atomic E-state index is 13.3. The molecule has 8 rings (SSSR count). The topological polar surface area (TPSA) is 338 Å². The first-order valence-corrected chi connectivity index (χ1v) is 25.3. The van der Waals surface area contributed by atoms with E-state index in [1.807, 2.05) is 0 Å². The number of carbonyl (C=O) groups excluding carboxylic acids is 2. The first-order valence-electron chi connectivity index (χ1n) is 24.1. The minimum atomic E-state index is -1.10. The molecule has 8 aromatic rings. The van der Waals surface area contributed by atoms with Gasteiger partial charge in [0.2, 0.25) is 0 Å². The molecule has 0 saturated carbocycles. The molecule has 5 aromatic heterocycles. The zero-order chi connectivity index (χ0) is 59.6. The summed E-state index contributed by atoms with van der Waals surface area (Å²) in [6.07, 6.45) is 8.38. The fraction of sp³-hybridized carbons (Fsp3) is 0.255. The molecular formula is C55H61Cl3N12O10. The number of hydrogen-bond donors (Lipinski definition) is 7. The average molecular weight is 1160 g/mol. The third kappa shape index (κ3) is 18.8. The van der Waals surface area contributed by atoms with Crippen molar-refractivity contribution in [3.05, 3.63) is 181 Å². The Morgan fingerprint density at radius 2 is 1.01 bits per heavy atom. The number of carboxylic acid groups (broad SMARTS) is 2. The van der Waals surface area contributed by atoms with Gasteiger partial charge < -0.3 is 47.5 Å². The van der Waals surface area contributed by atoms with Crippen LogP contribution in [-0.4, -0.2) is 85.6 Å². The smallest absolute Gasteiger partial charge is 0.408 e. The fourth-order valence-corrected chi connectivity index (χ4v) is 7.48. The van der Waals surface area contributed by atoms with Crippen LogP contribution < -0.4 is 39.0 Å². The van der Waals surface area contributed by atoms with E-state index in [9.17, 15) is 28.8 Å². The highest BCUT2D eigenvalue weighted by Crippen LogP contribution is 2.25. The highest BCUT2D eigenvalue weighted by molar-refractivity contribution is 6.35. The van der Waals surface area contributed by atoms with Gasteiger partial charge in [0.15, 0.2) is 0 Å². The molecule has 10 N–H and O–H groups in total. The van der Waals surface area contributed by atoms with Crippen LogP contribution in [0.1, 0.15) is 96.4 Å². The van der Waals surface area contributed by atoms with Gasteiger partial charge in [0.05, 0.1) is 78.4 Å². The summed E-state index contributed by atoms with van der Waals surface area (Å²) in [7, 11) is 0. The molecule has 0 aliphatic heterocycles. The number of benzene rings is 3. The summed E-state index contributed by atoms with van der Waals surface area (Å²) in [5.41, 5.74) is 17.8. The first-order chi connectivity index (χ1) is 37.5. The first kappa shape index (κ1) is 63.8. The van der Waals surface area contributed by atoms with Crippen LogP contribution >= 0.6 is 34.8 Å². The molecule has 22 nitrogen and oxygen atoms in total. The van der Waals surface area contributed by atoms with Crippen molar-refractivity contribution in [3.63, 3.8) is 0 Å². The molecule has 3 aromatic carbocycles. The van der Waals surface area contributed by atoms with E-state index in [1.54, 1.807) is 171 Å². The molecule has 2 amide bonds. The SMILES string of the molecule is CC(NC(=O)OC(C)(C)C)C(=O)O.C[C@H](N)c1nc2cccc(Cl)c2c(=O)n1-c1cccnc1.C[C@H](NC(=O)OC(C)(C)C)c1nc2cccc(Cl)c2c(=O)n1-c1cccnc1.Nc1cccc(Cl)c1C(=O)O.Nc1cccnc1. The molecule has 0 saturated heterocycles. The van der Waals surface area contributed by atoms with Crippen molar-refractivity contribution in [3.8, 4) is 11.4 Å². The number of hydrogen-bond acceptors (Lipinski definition) is 16. The van der Waals surface area contributed by atoms with E-state index in [1.165, 1.54) is 28.2 Å². The Bertz CT molecular complexity index is 3520. The predicted octanol–water partition coefficient (Wildman–Crippen LogP) is 9.74. The van der Waals surface area contributed by atoms with Crippen molar-refractivity contribution in [2.24, 2.45) is 5.73 Å². The second-order valence-electron chi connectivity index (χ2n) is 19.1. The van der Waals surface area contributed by atoms with Gasteiger partial charge in [0.25, 0.3) is 11.1 Å². The molecule has 25 heteroatoms. The van der Waals surface area contributed by atoms with Crippen molar-refractivity contribution < 1.29 is 38.9 Å². The molecule has 1 unspecified atom stereocenters. The molecule has 422 valence electrons.